The van der Waals surface area contributed by atoms with Crippen molar-refractivity contribution in [1.29, 1.82) is 0 Å². The number of nitrogens with one attached hydrogen (secondary N) is 1. The Morgan fingerprint density at radius 3 is 3.00 bits per heavy atom. The van der Waals surface area contributed by atoms with Crippen LogP contribution in [0.5, 0.6) is 0 Å². The zero-order valence-corrected chi connectivity index (χ0v) is 15.5. The molecule has 1 fully saturated rings. The van der Waals surface area contributed by atoms with Gasteiger partial charge in [-0.2, -0.15) is 5.10 Å². The van der Waals surface area contributed by atoms with Gasteiger partial charge in [-0.25, -0.2) is 4.98 Å². The van der Waals surface area contributed by atoms with Crippen LogP contribution in [0, 0.1) is 13.8 Å². The van der Waals surface area contributed by atoms with Gasteiger partial charge in [0.1, 0.15) is 11.5 Å². The van der Waals surface area contributed by atoms with Gasteiger partial charge < -0.3 is 9.42 Å². The predicted molar refractivity (Wildman–Crippen MR) is 98.0 cm³/mol. The van der Waals surface area contributed by atoms with Crippen LogP contribution in [0.2, 0.25) is 0 Å². The minimum absolute atomic E-state index is 0.0190. The van der Waals surface area contributed by atoms with Crippen molar-refractivity contribution in [2.45, 2.75) is 45.6 Å². The van der Waals surface area contributed by atoms with Gasteiger partial charge in [-0.05, 0) is 45.6 Å². The summed E-state index contributed by atoms with van der Waals surface area (Å²) in [6.07, 6.45) is 8.79. The minimum atomic E-state index is 0.0190. The molecule has 1 atom stereocenters. The largest absolute Gasteiger partial charge is 0.361 e. The van der Waals surface area contributed by atoms with E-state index in [9.17, 15) is 4.79 Å². The summed E-state index contributed by atoms with van der Waals surface area (Å²) < 4.78 is 5.24. The number of hydrogen-bond donors (Lipinski definition) is 1. The summed E-state index contributed by atoms with van der Waals surface area (Å²) in [4.78, 5) is 23.6. The predicted octanol–water partition coefficient (Wildman–Crippen LogP) is 2.71. The van der Waals surface area contributed by atoms with Crippen molar-refractivity contribution in [1.82, 2.24) is 30.2 Å². The number of carbonyl (C=O) groups excluding carboxylic acids is 1. The van der Waals surface area contributed by atoms with Gasteiger partial charge in [-0.15, -0.1) is 0 Å². The van der Waals surface area contributed by atoms with Gasteiger partial charge >= 0.3 is 0 Å². The van der Waals surface area contributed by atoms with Crippen molar-refractivity contribution in [2.75, 3.05) is 6.54 Å². The minimum Gasteiger partial charge on any atom is -0.361 e. The number of aromatic nitrogens is 5. The van der Waals surface area contributed by atoms with Crippen molar-refractivity contribution in [3.05, 3.63) is 47.5 Å². The maximum atomic E-state index is 12.6. The molecule has 1 N–H and O–H groups in total. The first-order valence-electron chi connectivity index (χ1n) is 9.18. The van der Waals surface area contributed by atoms with E-state index in [0.29, 0.717) is 5.69 Å². The number of amides is 1. The first-order valence-corrected chi connectivity index (χ1v) is 9.18. The van der Waals surface area contributed by atoms with E-state index in [1.807, 2.05) is 18.7 Å². The Kier molecular flexibility index (Phi) is 4.70. The van der Waals surface area contributed by atoms with Gasteiger partial charge in [0, 0.05) is 25.0 Å². The van der Waals surface area contributed by atoms with Gasteiger partial charge in [0.05, 0.1) is 28.8 Å². The van der Waals surface area contributed by atoms with Gasteiger partial charge in [-0.1, -0.05) is 5.16 Å². The van der Waals surface area contributed by atoms with Crippen molar-refractivity contribution >= 4 is 5.91 Å². The summed E-state index contributed by atoms with van der Waals surface area (Å²) in [6, 6.07) is 1.93. The van der Waals surface area contributed by atoms with Crippen LogP contribution in [-0.4, -0.2) is 48.7 Å². The molecular weight excluding hydrogens is 344 g/mol. The first kappa shape index (κ1) is 17.4. The van der Waals surface area contributed by atoms with Gasteiger partial charge in [0.2, 0.25) is 0 Å². The van der Waals surface area contributed by atoms with E-state index in [2.05, 4.69) is 20.3 Å². The van der Waals surface area contributed by atoms with E-state index in [-0.39, 0.29) is 11.9 Å². The average molecular weight is 366 g/mol. The molecule has 0 saturated carbocycles. The molecule has 8 nitrogen and oxygen atoms in total. The summed E-state index contributed by atoms with van der Waals surface area (Å²) in [5.41, 5.74) is 3.95. The topological polar surface area (TPSA) is 101 Å². The molecule has 0 spiro atoms. The van der Waals surface area contributed by atoms with Crippen LogP contribution in [0.1, 0.15) is 46.9 Å². The Bertz CT molecular complexity index is 914. The molecule has 140 valence electrons. The Labute approximate surface area is 157 Å². The normalized spacial score (nSPS) is 16.8. The first-order chi connectivity index (χ1) is 13.1. The second-order valence-electron chi connectivity index (χ2n) is 6.90. The van der Waals surface area contributed by atoms with E-state index in [1.165, 1.54) is 0 Å². The Balaban J connectivity index is 1.46. The SMILES string of the molecule is Cc1noc(C)c1-c1cncc(CC[C@H]2CCCN2C(=O)c2ccn[nH]2)n1. The molecule has 1 amide bonds. The van der Waals surface area contributed by atoms with E-state index in [1.54, 1.807) is 24.7 Å². The van der Waals surface area contributed by atoms with Gasteiger partial charge in [0.25, 0.3) is 5.91 Å². The molecule has 3 aromatic heterocycles. The van der Waals surface area contributed by atoms with Crippen LogP contribution in [-0.2, 0) is 6.42 Å². The van der Waals surface area contributed by atoms with Crippen LogP contribution in [0.15, 0.2) is 29.2 Å². The molecule has 3 aromatic rings. The summed E-state index contributed by atoms with van der Waals surface area (Å²) in [7, 11) is 0. The highest BCUT2D eigenvalue weighted by molar-refractivity contribution is 5.92. The molecule has 0 aliphatic carbocycles. The zero-order chi connectivity index (χ0) is 18.8. The van der Waals surface area contributed by atoms with Crippen LogP contribution in [0.3, 0.4) is 0 Å². The van der Waals surface area contributed by atoms with Crippen LogP contribution >= 0.6 is 0 Å². The fourth-order valence-corrected chi connectivity index (χ4v) is 3.74. The lowest BCUT2D eigenvalue weighted by molar-refractivity contribution is 0.0724. The number of hydrogen-bond acceptors (Lipinski definition) is 6. The van der Waals surface area contributed by atoms with E-state index < -0.39 is 0 Å². The maximum absolute atomic E-state index is 12.6. The quantitative estimate of drug-likeness (QED) is 0.745. The summed E-state index contributed by atoms with van der Waals surface area (Å²) in [6.45, 7) is 4.56. The zero-order valence-electron chi connectivity index (χ0n) is 15.5. The maximum Gasteiger partial charge on any atom is 0.272 e. The Morgan fingerprint density at radius 2 is 2.26 bits per heavy atom. The second-order valence-corrected chi connectivity index (χ2v) is 6.90. The fourth-order valence-electron chi connectivity index (χ4n) is 3.74. The summed E-state index contributed by atoms with van der Waals surface area (Å²) in [5.74, 6) is 0.761. The third kappa shape index (κ3) is 3.47. The highest BCUT2D eigenvalue weighted by Crippen LogP contribution is 2.26. The molecule has 4 heterocycles. The summed E-state index contributed by atoms with van der Waals surface area (Å²) in [5, 5.41) is 10.6. The molecule has 0 radical (unpaired) electrons. The number of H-pyrrole nitrogens is 1. The number of aryl methyl sites for hydroxylation is 3. The molecule has 1 saturated heterocycles. The van der Waals surface area contributed by atoms with Crippen LogP contribution < -0.4 is 0 Å². The highest BCUT2D eigenvalue weighted by Gasteiger charge is 2.29. The molecule has 1 aliphatic heterocycles. The third-order valence-corrected chi connectivity index (χ3v) is 5.08. The number of aromatic amines is 1. The van der Waals surface area contributed by atoms with Crippen LogP contribution in [0.4, 0.5) is 0 Å². The van der Waals surface area contributed by atoms with Crippen molar-refractivity contribution in [3.63, 3.8) is 0 Å². The van der Waals surface area contributed by atoms with E-state index >= 15 is 0 Å². The van der Waals surface area contributed by atoms with Gasteiger partial charge in [-0.3, -0.25) is 14.9 Å². The smallest absolute Gasteiger partial charge is 0.272 e. The van der Waals surface area contributed by atoms with Crippen molar-refractivity contribution < 1.29 is 9.32 Å². The lowest BCUT2D eigenvalue weighted by atomic mass is 10.1. The van der Waals surface area contributed by atoms with E-state index in [0.717, 1.165) is 60.6 Å². The monoisotopic (exact) mass is 366 g/mol. The molecule has 0 aromatic carbocycles. The third-order valence-electron chi connectivity index (χ3n) is 5.08. The summed E-state index contributed by atoms with van der Waals surface area (Å²) >= 11 is 0. The fraction of sp³-hybridized carbons (Fsp3) is 0.421. The second kappa shape index (κ2) is 7.30. The lowest BCUT2D eigenvalue weighted by Gasteiger charge is -2.24. The molecule has 0 bridgehead atoms. The van der Waals surface area contributed by atoms with Crippen molar-refractivity contribution in [2.24, 2.45) is 0 Å². The molecule has 27 heavy (non-hydrogen) atoms. The number of nitrogens with zero attached hydrogens (tertiary/aromatic N) is 5. The molecule has 1 aliphatic rings. The number of rotatable bonds is 5. The molecule has 0 unspecified atom stereocenters. The highest BCUT2D eigenvalue weighted by atomic mass is 16.5. The van der Waals surface area contributed by atoms with Gasteiger partial charge in [0.15, 0.2) is 0 Å². The number of carbonyl (C=O) groups is 1. The average Bonchev–Trinajstić information content (AvgIpc) is 3.41. The standard InChI is InChI=1S/C19H22N6O2/c1-12-18(13(2)27-24-12)17-11-20-10-14(22-17)5-6-15-4-3-9-25(15)19(26)16-7-8-21-23-16/h7-8,10-11,15H,3-6,9H2,1-2H3,(H,21,23)/t15-/m1/s1. The Hall–Kier alpha value is -3.03. The van der Waals surface area contributed by atoms with Crippen molar-refractivity contribution in [3.8, 4) is 11.3 Å². The van der Waals surface area contributed by atoms with Crippen LogP contribution in [0.25, 0.3) is 11.3 Å². The van der Waals surface area contributed by atoms with E-state index in [4.69, 9.17) is 9.51 Å². The Morgan fingerprint density at radius 1 is 1.37 bits per heavy atom. The lowest BCUT2D eigenvalue weighted by Crippen LogP contribution is -2.36. The molecule has 8 heteroatoms. The molecular formula is C19H22N6O2. The molecule has 4 rings (SSSR count). The number of likely N-dealkylation sites (tertiary alicyclic amines) is 1.